The summed E-state index contributed by atoms with van der Waals surface area (Å²) in [4.78, 5) is 25.5. The molecule has 25 heavy (non-hydrogen) atoms. The van der Waals surface area contributed by atoms with Gasteiger partial charge in [0.25, 0.3) is 0 Å². The van der Waals surface area contributed by atoms with Crippen molar-refractivity contribution in [3.8, 4) is 17.9 Å². The zero-order chi connectivity index (χ0) is 18.4. The number of nitrogens with zero attached hydrogens (tertiary/aromatic N) is 3. The number of carbonyl (C=O) groups is 1. The molecule has 0 unspecified atom stereocenters. The van der Waals surface area contributed by atoms with E-state index < -0.39 is 5.63 Å². The lowest BCUT2D eigenvalue weighted by Crippen LogP contribution is -2.32. The number of aryl methyl sites for hydroxylation is 1. The van der Waals surface area contributed by atoms with Gasteiger partial charge in [-0.15, -0.1) is 0 Å². The van der Waals surface area contributed by atoms with Gasteiger partial charge in [0, 0.05) is 23.4 Å². The van der Waals surface area contributed by atoms with E-state index >= 15 is 0 Å². The summed E-state index contributed by atoms with van der Waals surface area (Å²) in [5.41, 5.74) is 1.08. The monoisotopic (exact) mass is 339 g/mol. The van der Waals surface area contributed by atoms with Crippen LogP contribution in [0, 0.1) is 29.6 Å². The van der Waals surface area contributed by atoms with Gasteiger partial charge in [-0.1, -0.05) is 0 Å². The third-order valence-electron chi connectivity index (χ3n) is 3.96. The summed E-state index contributed by atoms with van der Waals surface area (Å²) < 4.78 is 10.5. The Kier molecular flexibility index (Phi) is 5.75. The number of hydrogen-bond donors (Lipinski definition) is 0. The van der Waals surface area contributed by atoms with Crippen molar-refractivity contribution in [1.82, 2.24) is 4.90 Å². The fourth-order valence-electron chi connectivity index (χ4n) is 2.58. The summed E-state index contributed by atoms with van der Waals surface area (Å²) in [6.45, 7) is 1.49. The molecule has 0 atom stereocenters. The number of amides is 1. The van der Waals surface area contributed by atoms with Crippen LogP contribution in [0.2, 0.25) is 0 Å². The Balaban J connectivity index is 2.27. The van der Waals surface area contributed by atoms with Crippen molar-refractivity contribution in [3.05, 3.63) is 39.7 Å². The number of hydrogen-bond acceptors (Lipinski definition) is 6. The van der Waals surface area contributed by atoms with Gasteiger partial charge in [-0.05, 0) is 31.0 Å². The molecule has 1 aromatic heterocycles. The molecule has 0 aliphatic heterocycles. The Morgan fingerprint density at radius 2 is 1.96 bits per heavy atom. The van der Waals surface area contributed by atoms with Crippen LogP contribution < -0.4 is 10.4 Å². The third-order valence-corrected chi connectivity index (χ3v) is 3.96. The molecule has 0 aliphatic carbocycles. The summed E-state index contributed by atoms with van der Waals surface area (Å²) >= 11 is 0. The highest BCUT2D eigenvalue weighted by Gasteiger charge is 2.17. The molecule has 0 N–H and O–H groups in total. The molecule has 0 fully saturated rings. The maximum Gasteiger partial charge on any atom is 0.339 e. The van der Waals surface area contributed by atoms with Crippen LogP contribution in [0.1, 0.15) is 17.5 Å². The first-order valence-electron chi connectivity index (χ1n) is 7.63. The number of fused-ring (bicyclic) bond motifs is 1. The lowest BCUT2D eigenvalue weighted by molar-refractivity contribution is -0.130. The molecule has 0 aliphatic rings. The number of benzene rings is 1. The summed E-state index contributed by atoms with van der Waals surface area (Å²) in [6.07, 6.45) is 0.207. The summed E-state index contributed by atoms with van der Waals surface area (Å²) in [5, 5.41) is 18.2. The minimum Gasteiger partial charge on any atom is -0.497 e. The van der Waals surface area contributed by atoms with E-state index in [1.54, 1.807) is 25.1 Å². The Hall–Kier alpha value is -3.32. The second-order valence-corrected chi connectivity index (χ2v) is 5.42. The smallest absolute Gasteiger partial charge is 0.339 e. The van der Waals surface area contributed by atoms with Crippen molar-refractivity contribution < 1.29 is 13.9 Å². The van der Waals surface area contributed by atoms with Crippen molar-refractivity contribution in [2.24, 2.45) is 0 Å². The van der Waals surface area contributed by atoms with Crippen LogP contribution >= 0.6 is 0 Å². The van der Waals surface area contributed by atoms with E-state index in [9.17, 15) is 9.59 Å². The quantitative estimate of drug-likeness (QED) is 0.588. The molecule has 1 aromatic carbocycles. The van der Waals surface area contributed by atoms with Gasteiger partial charge >= 0.3 is 5.63 Å². The minimum atomic E-state index is -0.502. The van der Waals surface area contributed by atoms with Crippen LogP contribution in [-0.2, 0) is 11.2 Å². The van der Waals surface area contributed by atoms with Gasteiger partial charge in [0.1, 0.15) is 24.4 Å². The topological polar surface area (TPSA) is 107 Å². The van der Waals surface area contributed by atoms with Crippen LogP contribution in [0.15, 0.2) is 27.4 Å². The molecule has 1 amide bonds. The van der Waals surface area contributed by atoms with Crippen molar-refractivity contribution in [1.29, 1.82) is 10.5 Å². The zero-order valence-electron chi connectivity index (χ0n) is 14.0. The van der Waals surface area contributed by atoms with Crippen LogP contribution in [0.3, 0.4) is 0 Å². The SMILES string of the molecule is COc1ccc2c(C)c(CCC(=O)N(CC#N)CC#N)c(=O)oc2c1. The van der Waals surface area contributed by atoms with Crippen molar-refractivity contribution >= 4 is 16.9 Å². The van der Waals surface area contributed by atoms with E-state index in [0.717, 1.165) is 15.8 Å². The summed E-state index contributed by atoms with van der Waals surface area (Å²) in [5.74, 6) is 0.235. The predicted octanol–water partition coefficient (Wildman–Crippen LogP) is 1.92. The lowest BCUT2D eigenvalue weighted by Gasteiger charge is -2.16. The van der Waals surface area contributed by atoms with Gasteiger partial charge in [0.15, 0.2) is 0 Å². The van der Waals surface area contributed by atoms with E-state index in [-0.39, 0.29) is 31.8 Å². The van der Waals surface area contributed by atoms with Crippen LogP contribution in [0.4, 0.5) is 0 Å². The van der Waals surface area contributed by atoms with E-state index in [0.29, 0.717) is 16.9 Å². The first-order chi connectivity index (χ1) is 12.0. The molecule has 0 saturated carbocycles. The second-order valence-electron chi connectivity index (χ2n) is 5.42. The van der Waals surface area contributed by atoms with Gasteiger partial charge in [0.2, 0.25) is 5.91 Å². The highest BCUT2D eigenvalue weighted by Crippen LogP contribution is 2.24. The minimum absolute atomic E-state index is 0.0244. The molecule has 0 saturated heterocycles. The Morgan fingerprint density at radius 3 is 2.56 bits per heavy atom. The van der Waals surface area contributed by atoms with Gasteiger partial charge in [-0.25, -0.2) is 4.79 Å². The third kappa shape index (κ3) is 3.96. The lowest BCUT2D eigenvalue weighted by atomic mass is 10.0. The summed E-state index contributed by atoms with van der Waals surface area (Å²) in [7, 11) is 1.53. The molecule has 2 aromatic rings. The predicted molar refractivity (Wildman–Crippen MR) is 89.9 cm³/mol. The van der Waals surface area contributed by atoms with Gasteiger partial charge in [-0.2, -0.15) is 10.5 Å². The normalized spacial score (nSPS) is 10.1. The first-order valence-corrected chi connectivity index (χ1v) is 7.63. The molecule has 0 radical (unpaired) electrons. The number of rotatable bonds is 6. The average Bonchev–Trinajstić information content (AvgIpc) is 2.60. The van der Waals surface area contributed by atoms with Crippen LogP contribution in [0.5, 0.6) is 5.75 Å². The highest BCUT2D eigenvalue weighted by molar-refractivity contribution is 5.83. The van der Waals surface area contributed by atoms with E-state index in [1.165, 1.54) is 7.11 Å². The van der Waals surface area contributed by atoms with Gasteiger partial charge in [-0.3, -0.25) is 4.79 Å². The maximum atomic E-state index is 12.3. The highest BCUT2D eigenvalue weighted by atomic mass is 16.5. The Bertz CT molecular complexity index is 918. The number of nitriles is 2. The number of methoxy groups -OCH3 is 1. The fraction of sp³-hybridized carbons (Fsp3) is 0.333. The maximum absolute atomic E-state index is 12.3. The molecule has 1 heterocycles. The van der Waals surface area contributed by atoms with Gasteiger partial charge < -0.3 is 14.1 Å². The number of carbonyl (C=O) groups excluding carboxylic acids is 1. The van der Waals surface area contributed by atoms with E-state index in [1.807, 2.05) is 12.1 Å². The molecule has 7 heteroatoms. The number of ether oxygens (including phenoxy) is 1. The van der Waals surface area contributed by atoms with Gasteiger partial charge in [0.05, 0.1) is 19.2 Å². The summed E-state index contributed by atoms with van der Waals surface area (Å²) in [6, 6.07) is 8.91. The van der Waals surface area contributed by atoms with Crippen molar-refractivity contribution in [3.63, 3.8) is 0 Å². The van der Waals surface area contributed by atoms with Crippen LogP contribution in [0.25, 0.3) is 11.0 Å². The van der Waals surface area contributed by atoms with Crippen molar-refractivity contribution in [2.75, 3.05) is 20.2 Å². The van der Waals surface area contributed by atoms with Crippen molar-refractivity contribution in [2.45, 2.75) is 19.8 Å². The molecular formula is C18H17N3O4. The molecule has 0 spiro atoms. The largest absolute Gasteiger partial charge is 0.497 e. The average molecular weight is 339 g/mol. The standard InChI is InChI=1S/C18H17N3O4/c1-12-14-4-3-13(24-2)11-16(14)25-18(23)15(12)5-6-17(22)21(9-7-19)10-8-20/h3-4,11H,5-6,9-10H2,1-2H3. The first kappa shape index (κ1) is 18.0. The Labute approximate surface area is 144 Å². The molecule has 128 valence electrons. The van der Waals surface area contributed by atoms with E-state index in [2.05, 4.69) is 0 Å². The molecular weight excluding hydrogens is 322 g/mol. The van der Waals surface area contributed by atoms with E-state index in [4.69, 9.17) is 19.7 Å². The molecule has 7 nitrogen and oxygen atoms in total. The molecule has 2 rings (SSSR count). The molecule has 0 bridgehead atoms. The Morgan fingerprint density at radius 1 is 1.28 bits per heavy atom. The fourth-order valence-corrected chi connectivity index (χ4v) is 2.58. The van der Waals surface area contributed by atoms with Crippen LogP contribution in [-0.4, -0.2) is 31.0 Å². The second kappa shape index (κ2) is 7.98. The zero-order valence-corrected chi connectivity index (χ0v) is 14.0.